The number of fused-ring (bicyclic) bond motifs is 2. The van der Waals surface area contributed by atoms with Crippen molar-refractivity contribution in [2.24, 2.45) is 7.05 Å². The van der Waals surface area contributed by atoms with E-state index in [9.17, 15) is 23.9 Å². The number of amides is 3. The van der Waals surface area contributed by atoms with Crippen molar-refractivity contribution in [3.05, 3.63) is 47.7 Å². The van der Waals surface area contributed by atoms with Crippen LogP contribution in [0.2, 0.25) is 0 Å². The van der Waals surface area contributed by atoms with Gasteiger partial charge in [0.05, 0.1) is 29.7 Å². The van der Waals surface area contributed by atoms with E-state index in [1.165, 1.54) is 18.3 Å². The lowest BCUT2D eigenvalue weighted by atomic mass is 9.89. The smallest absolute Gasteiger partial charge is 0.412 e. The Morgan fingerprint density at radius 2 is 1.93 bits per heavy atom. The van der Waals surface area contributed by atoms with Crippen LogP contribution in [-0.4, -0.2) is 55.7 Å². The number of rotatable bonds is 6. The molecule has 0 saturated carbocycles. The van der Waals surface area contributed by atoms with Crippen molar-refractivity contribution in [3.8, 4) is 10.6 Å². The quantitative estimate of drug-likeness (QED) is 0.311. The number of carboxylic acid groups (broad SMARTS) is 1. The van der Waals surface area contributed by atoms with Crippen molar-refractivity contribution >= 4 is 40.1 Å². The Balaban J connectivity index is 1.44. The summed E-state index contributed by atoms with van der Waals surface area (Å²) >= 11 is 0.949. The van der Waals surface area contributed by atoms with Crippen LogP contribution in [0, 0.1) is 5.82 Å². The van der Waals surface area contributed by atoms with Crippen molar-refractivity contribution in [3.63, 3.8) is 0 Å². The predicted octanol–water partition coefficient (Wildman–Crippen LogP) is 5.09. The van der Waals surface area contributed by atoms with E-state index in [0.717, 1.165) is 11.3 Å². The minimum Gasteiger partial charge on any atom is -0.465 e. The van der Waals surface area contributed by atoms with Gasteiger partial charge in [0.25, 0.3) is 5.91 Å². The van der Waals surface area contributed by atoms with Gasteiger partial charge >= 0.3 is 12.2 Å². The number of nitrogens with one attached hydrogen (secondary N) is 3. The van der Waals surface area contributed by atoms with Crippen molar-refractivity contribution in [2.45, 2.75) is 69.8 Å². The Morgan fingerprint density at radius 3 is 2.63 bits per heavy atom. The van der Waals surface area contributed by atoms with Crippen LogP contribution >= 0.6 is 11.3 Å². The zero-order valence-corrected chi connectivity index (χ0v) is 23.8. The SMILES string of the molecule is Cn1ncc(NC(=O)c2nc(-c3ccccc3F)sc2NC(=O)OC(C)(C)C)c1C12CCC(NC(=O)O)C(CC1)O2. The summed E-state index contributed by atoms with van der Waals surface area (Å²) in [5, 5.41) is 21.8. The first-order valence-corrected chi connectivity index (χ1v) is 13.9. The van der Waals surface area contributed by atoms with Gasteiger partial charge in [0.15, 0.2) is 5.69 Å². The molecule has 1 aromatic carbocycles. The highest BCUT2D eigenvalue weighted by molar-refractivity contribution is 7.19. The van der Waals surface area contributed by atoms with Crippen LogP contribution < -0.4 is 16.0 Å². The number of ether oxygens (including phenoxy) is 2. The van der Waals surface area contributed by atoms with Crippen LogP contribution in [0.25, 0.3) is 10.6 Å². The minimum absolute atomic E-state index is 0.0936. The molecule has 2 bridgehead atoms. The molecule has 3 unspecified atom stereocenters. The fourth-order valence-corrected chi connectivity index (χ4v) is 6.37. The van der Waals surface area contributed by atoms with Gasteiger partial charge in [-0.3, -0.25) is 14.8 Å². The monoisotopic (exact) mass is 586 g/mol. The zero-order chi connectivity index (χ0) is 29.5. The van der Waals surface area contributed by atoms with Gasteiger partial charge in [-0.1, -0.05) is 23.5 Å². The predicted molar refractivity (Wildman–Crippen MR) is 148 cm³/mol. The molecule has 2 fully saturated rings. The van der Waals surface area contributed by atoms with Crippen LogP contribution in [0.1, 0.15) is 62.6 Å². The highest BCUT2D eigenvalue weighted by atomic mass is 32.1. The fraction of sp³-hybridized carbons (Fsp3) is 0.444. The second-order valence-electron chi connectivity index (χ2n) is 11.1. The maximum atomic E-state index is 14.6. The largest absolute Gasteiger partial charge is 0.465 e. The van der Waals surface area contributed by atoms with Gasteiger partial charge in [-0.2, -0.15) is 5.10 Å². The number of aryl methyl sites for hydroxylation is 1. The van der Waals surface area contributed by atoms with Crippen molar-refractivity contribution in [1.82, 2.24) is 20.1 Å². The molecule has 218 valence electrons. The third-order valence-electron chi connectivity index (χ3n) is 7.01. The molecule has 0 aliphatic carbocycles. The minimum atomic E-state index is -1.10. The van der Waals surface area contributed by atoms with Gasteiger partial charge in [0.1, 0.15) is 27.0 Å². The molecule has 0 spiro atoms. The van der Waals surface area contributed by atoms with E-state index >= 15 is 0 Å². The van der Waals surface area contributed by atoms with Crippen LogP contribution in [0.15, 0.2) is 30.5 Å². The summed E-state index contributed by atoms with van der Waals surface area (Å²) in [6, 6.07) is 5.70. The number of nitrogens with zero attached hydrogens (tertiary/aromatic N) is 3. The molecule has 14 heteroatoms. The first-order valence-electron chi connectivity index (χ1n) is 13.1. The molecule has 2 aromatic heterocycles. The Bertz CT molecular complexity index is 1500. The van der Waals surface area contributed by atoms with E-state index in [0.29, 0.717) is 37.1 Å². The highest BCUT2D eigenvalue weighted by Crippen LogP contribution is 2.50. The lowest BCUT2D eigenvalue weighted by Crippen LogP contribution is -2.48. The molecule has 3 atom stereocenters. The Kier molecular flexibility index (Phi) is 7.46. The Labute approximate surface area is 239 Å². The second-order valence-corrected chi connectivity index (χ2v) is 12.1. The number of aromatic nitrogens is 3. The average molecular weight is 587 g/mol. The second kappa shape index (κ2) is 10.7. The Morgan fingerprint density at radius 1 is 1.20 bits per heavy atom. The number of halogens is 1. The van der Waals surface area contributed by atoms with Gasteiger partial charge in [0.2, 0.25) is 0 Å². The number of thiazole rings is 1. The van der Waals surface area contributed by atoms with Crippen molar-refractivity contribution < 1.29 is 33.4 Å². The lowest BCUT2D eigenvalue weighted by molar-refractivity contribution is -0.0987. The number of benzene rings is 1. The molecule has 2 saturated heterocycles. The van der Waals surface area contributed by atoms with Gasteiger partial charge in [-0.05, 0) is 58.6 Å². The number of carbonyl (C=O) groups is 3. The molecule has 3 aromatic rings. The van der Waals surface area contributed by atoms with Crippen LogP contribution in [0.5, 0.6) is 0 Å². The van der Waals surface area contributed by atoms with Crippen LogP contribution in [-0.2, 0) is 22.1 Å². The Hall–Kier alpha value is -4.04. The van der Waals surface area contributed by atoms with Crippen LogP contribution in [0.4, 0.5) is 24.7 Å². The summed E-state index contributed by atoms with van der Waals surface area (Å²) in [4.78, 5) is 41.8. The third kappa shape index (κ3) is 5.88. The molecule has 4 N–H and O–H groups in total. The summed E-state index contributed by atoms with van der Waals surface area (Å²) in [5.74, 6) is -1.16. The van der Waals surface area contributed by atoms with Crippen molar-refractivity contribution in [1.29, 1.82) is 0 Å². The maximum absolute atomic E-state index is 14.6. The summed E-state index contributed by atoms with van der Waals surface area (Å²) < 4.78 is 28.0. The molecule has 4 heterocycles. The van der Waals surface area contributed by atoms with E-state index in [2.05, 4.69) is 26.0 Å². The fourth-order valence-electron chi connectivity index (χ4n) is 5.40. The lowest BCUT2D eigenvalue weighted by Gasteiger charge is -2.38. The van der Waals surface area contributed by atoms with Gasteiger partial charge in [-0.25, -0.2) is 19.0 Å². The van der Waals surface area contributed by atoms with Crippen LogP contribution in [0.3, 0.4) is 0 Å². The normalized spacial score (nSPS) is 21.8. The standard InChI is InChI=1S/C27H31FN6O6S/c1-26(2,3)40-25(38)33-23-19(32-22(41-23)14-7-5-6-8-15(14)28)21(35)30-17-13-29-34(4)20(17)27-11-9-16(31-24(36)37)18(39-27)10-12-27/h5-8,13,16,18,31H,9-12H2,1-4H3,(H,30,35)(H,33,38)(H,36,37). The summed E-state index contributed by atoms with van der Waals surface area (Å²) in [5.41, 5.74) is -0.437. The molecule has 0 radical (unpaired) electrons. The topological polar surface area (TPSA) is 157 Å². The van der Waals surface area contributed by atoms with E-state index in [-0.39, 0.29) is 33.4 Å². The molecule has 41 heavy (non-hydrogen) atoms. The zero-order valence-electron chi connectivity index (χ0n) is 23.0. The summed E-state index contributed by atoms with van der Waals surface area (Å²) in [6.07, 6.45) is 1.68. The molecule has 3 amide bonds. The van der Waals surface area contributed by atoms with E-state index in [1.54, 1.807) is 44.6 Å². The molecule has 5 rings (SSSR count). The van der Waals surface area contributed by atoms with Gasteiger partial charge in [0, 0.05) is 12.6 Å². The molecule has 2 aliphatic rings. The highest BCUT2D eigenvalue weighted by Gasteiger charge is 2.51. The average Bonchev–Trinajstić information content (AvgIpc) is 3.56. The molecular formula is C27H31FN6O6S. The molecule has 2 aliphatic heterocycles. The molecule has 12 nitrogen and oxygen atoms in total. The number of hydrogen-bond acceptors (Lipinski definition) is 8. The summed E-state index contributed by atoms with van der Waals surface area (Å²) in [7, 11) is 1.74. The number of carbonyl (C=O) groups excluding carboxylic acids is 2. The maximum Gasteiger partial charge on any atom is 0.412 e. The van der Waals surface area contributed by atoms with E-state index in [4.69, 9.17) is 9.47 Å². The third-order valence-corrected chi connectivity index (χ3v) is 8.01. The summed E-state index contributed by atoms with van der Waals surface area (Å²) in [6.45, 7) is 5.13. The first kappa shape index (κ1) is 28.5. The number of hydrogen-bond donors (Lipinski definition) is 4. The van der Waals surface area contributed by atoms with E-state index in [1.807, 2.05) is 0 Å². The van der Waals surface area contributed by atoms with Crippen molar-refractivity contribution in [2.75, 3.05) is 10.6 Å². The van der Waals surface area contributed by atoms with Gasteiger partial charge in [-0.15, -0.1) is 0 Å². The first-order chi connectivity index (χ1) is 19.3. The molecular weight excluding hydrogens is 555 g/mol. The number of anilines is 2. The van der Waals surface area contributed by atoms with E-state index < -0.39 is 35.1 Å². The van der Waals surface area contributed by atoms with Gasteiger partial charge < -0.3 is 25.2 Å².